The van der Waals surface area contributed by atoms with E-state index in [0.29, 0.717) is 36.1 Å². The minimum absolute atomic E-state index is 0.103. The fourth-order valence-corrected chi connectivity index (χ4v) is 2.10. The average Bonchev–Trinajstić information content (AvgIpc) is 2.76. The molecule has 0 atom stereocenters. The zero-order valence-electron chi connectivity index (χ0n) is 11.0. The third kappa shape index (κ3) is 2.90. The molecule has 0 bridgehead atoms. The zero-order chi connectivity index (χ0) is 14.8. The van der Waals surface area contributed by atoms with E-state index in [9.17, 15) is 4.79 Å². The highest BCUT2D eigenvalue weighted by Crippen LogP contribution is 2.36. The van der Waals surface area contributed by atoms with Crippen LogP contribution in [0.2, 0.25) is 5.22 Å². The summed E-state index contributed by atoms with van der Waals surface area (Å²) in [5, 5.41) is 2.80. The first-order chi connectivity index (χ1) is 10.1. The molecule has 1 aliphatic rings. The number of benzene rings is 1. The molecule has 2 aromatic rings. The molecular formula is C14H13ClN2O4. The minimum Gasteiger partial charge on any atom is -0.489 e. The van der Waals surface area contributed by atoms with Crippen molar-refractivity contribution in [1.82, 2.24) is 0 Å². The van der Waals surface area contributed by atoms with Gasteiger partial charge in [0.2, 0.25) is 0 Å². The predicted molar refractivity (Wildman–Crippen MR) is 78.1 cm³/mol. The smallest absolute Gasteiger partial charge is 0.291 e. The van der Waals surface area contributed by atoms with E-state index in [2.05, 4.69) is 5.32 Å². The van der Waals surface area contributed by atoms with Crippen LogP contribution < -0.4 is 20.5 Å². The maximum absolute atomic E-state index is 12.0. The topological polar surface area (TPSA) is 86.7 Å². The molecule has 3 rings (SSSR count). The third-order valence-corrected chi connectivity index (χ3v) is 3.17. The largest absolute Gasteiger partial charge is 0.489 e. The maximum Gasteiger partial charge on any atom is 0.291 e. The Balaban J connectivity index is 1.85. The highest BCUT2D eigenvalue weighted by molar-refractivity contribution is 6.29. The number of nitrogens with two attached hydrogens (primary N) is 1. The molecule has 1 aromatic heterocycles. The Morgan fingerprint density at radius 3 is 2.57 bits per heavy atom. The molecule has 0 spiro atoms. The van der Waals surface area contributed by atoms with Gasteiger partial charge in [0.15, 0.2) is 22.5 Å². The van der Waals surface area contributed by atoms with Gasteiger partial charge in [-0.15, -0.1) is 0 Å². The lowest BCUT2D eigenvalue weighted by Gasteiger charge is -2.12. The van der Waals surface area contributed by atoms with Crippen LogP contribution in [0.4, 0.5) is 11.4 Å². The van der Waals surface area contributed by atoms with E-state index in [1.54, 1.807) is 12.1 Å². The van der Waals surface area contributed by atoms with Crippen molar-refractivity contribution in [3.05, 3.63) is 35.2 Å². The summed E-state index contributed by atoms with van der Waals surface area (Å²) in [6.07, 6.45) is 0.793. The Hall–Kier alpha value is -2.34. The monoisotopic (exact) mass is 308 g/mol. The predicted octanol–water partition coefficient (Wildman–Crippen LogP) is 2.93. The van der Waals surface area contributed by atoms with Crippen LogP contribution in [0.5, 0.6) is 11.5 Å². The van der Waals surface area contributed by atoms with E-state index in [1.165, 1.54) is 12.1 Å². The summed E-state index contributed by atoms with van der Waals surface area (Å²) in [4.78, 5) is 12.0. The third-order valence-electron chi connectivity index (χ3n) is 2.96. The first-order valence-electron chi connectivity index (χ1n) is 6.39. The first-order valence-corrected chi connectivity index (χ1v) is 6.77. The second-order valence-electron chi connectivity index (χ2n) is 4.49. The van der Waals surface area contributed by atoms with Crippen molar-refractivity contribution in [2.45, 2.75) is 6.42 Å². The van der Waals surface area contributed by atoms with Crippen LogP contribution in [0.3, 0.4) is 0 Å². The van der Waals surface area contributed by atoms with Gasteiger partial charge in [0.1, 0.15) is 0 Å². The molecule has 0 fully saturated rings. The van der Waals surface area contributed by atoms with Crippen molar-refractivity contribution >= 4 is 28.9 Å². The van der Waals surface area contributed by atoms with Gasteiger partial charge in [-0.25, -0.2) is 0 Å². The van der Waals surface area contributed by atoms with E-state index >= 15 is 0 Å². The number of anilines is 2. The molecule has 0 saturated carbocycles. The Bertz CT molecular complexity index is 684. The van der Waals surface area contributed by atoms with Gasteiger partial charge in [0, 0.05) is 18.6 Å². The molecule has 1 amide bonds. The Labute approximate surface area is 125 Å². The molecule has 7 heteroatoms. The number of carbonyl (C=O) groups excluding carboxylic acids is 1. The van der Waals surface area contributed by atoms with Crippen molar-refractivity contribution in [3.63, 3.8) is 0 Å². The maximum atomic E-state index is 12.0. The number of carbonyl (C=O) groups is 1. The summed E-state index contributed by atoms with van der Waals surface area (Å²) in [6, 6.07) is 6.24. The molecule has 0 aliphatic carbocycles. The molecule has 21 heavy (non-hydrogen) atoms. The zero-order valence-corrected chi connectivity index (χ0v) is 11.8. The van der Waals surface area contributed by atoms with E-state index in [-0.39, 0.29) is 11.0 Å². The van der Waals surface area contributed by atoms with Crippen molar-refractivity contribution in [3.8, 4) is 11.5 Å². The highest BCUT2D eigenvalue weighted by atomic mass is 35.5. The number of furan rings is 1. The molecule has 6 nitrogen and oxygen atoms in total. The van der Waals surface area contributed by atoms with Crippen LogP contribution in [0.15, 0.2) is 28.7 Å². The molecular weight excluding hydrogens is 296 g/mol. The molecule has 2 heterocycles. The van der Waals surface area contributed by atoms with Crippen LogP contribution in [0.25, 0.3) is 0 Å². The van der Waals surface area contributed by atoms with Crippen LogP contribution >= 0.6 is 11.6 Å². The summed E-state index contributed by atoms with van der Waals surface area (Å²) < 4.78 is 16.1. The van der Waals surface area contributed by atoms with Gasteiger partial charge in [0.25, 0.3) is 5.91 Å². The highest BCUT2D eigenvalue weighted by Gasteiger charge is 2.17. The minimum atomic E-state index is -0.442. The van der Waals surface area contributed by atoms with Gasteiger partial charge in [-0.3, -0.25) is 4.79 Å². The van der Waals surface area contributed by atoms with Crippen molar-refractivity contribution < 1.29 is 18.7 Å². The van der Waals surface area contributed by atoms with Crippen LogP contribution in [0.1, 0.15) is 17.0 Å². The summed E-state index contributed by atoms with van der Waals surface area (Å²) in [5.41, 5.74) is 6.73. The van der Waals surface area contributed by atoms with E-state index in [1.807, 2.05) is 0 Å². The Morgan fingerprint density at radius 2 is 1.90 bits per heavy atom. The number of hydrogen-bond acceptors (Lipinski definition) is 5. The second-order valence-corrected chi connectivity index (χ2v) is 4.87. The van der Waals surface area contributed by atoms with Gasteiger partial charge in [-0.05, 0) is 23.7 Å². The standard InChI is InChI=1S/C14H13ClN2O4/c15-13-3-2-10(21-13)14(18)17-9-7-12-11(6-8(9)16)19-4-1-5-20-12/h2-3,6-7H,1,4-5,16H2,(H,17,18). The molecule has 110 valence electrons. The lowest BCUT2D eigenvalue weighted by molar-refractivity contribution is 0.0997. The average molecular weight is 309 g/mol. The Morgan fingerprint density at radius 1 is 1.19 bits per heavy atom. The number of halogens is 1. The summed E-state index contributed by atoms with van der Waals surface area (Å²) in [5.74, 6) is 0.785. The number of nitrogens with one attached hydrogen (secondary N) is 1. The van der Waals surface area contributed by atoms with Crippen LogP contribution in [-0.2, 0) is 0 Å². The van der Waals surface area contributed by atoms with Crippen molar-refractivity contribution in [2.24, 2.45) is 0 Å². The number of hydrogen-bond donors (Lipinski definition) is 2. The molecule has 0 saturated heterocycles. The fourth-order valence-electron chi connectivity index (χ4n) is 1.95. The summed E-state index contributed by atoms with van der Waals surface area (Å²) in [7, 11) is 0. The lowest BCUT2D eigenvalue weighted by atomic mass is 10.2. The molecule has 0 unspecified atom stereocenters. The van der Waals surface area contributed by atoms with E-state index in [4.69, 9.17) is 31.2 Å². The molecule has 0 radical (unpaired) electrons. The van der Waals surface area contributed by atoms with Crippen molar-refractivity contribution in [1.29, 1.82) is 0 Å². The van der Waals surface area contributed by atoms with Crippen molar-refractivity contribution in [2.75, 3.05) is 24.3 Å². The second kappa shape index (κ2) is 5.57. The molecule has 1 aromatic carbocycles. The van der Waals surface area contributed by atoms with Gasteiger partial charge >= 0.3 is 0 Å². The van der Waals surface area contributed by atoms with Crippen LogP contribution in [0, 0.1) is 0 Å². The number of amides is 1. The Kier molecular flexibility index (Phi) is 3.62. The van der Waals surface area contributed by atoms with Gasteiger partial charge < -0.3 is 24.9 Å². The molecule has 3 N–H and O–H groups in total. The SMILES string of the molecule is Nc1cc2c(cc1NC(=O)c1ccc(Cl)o1)OCCCO2. The number of ether oxygens (including phenoxy) is 2. The van der Waals surface area contributed by atoms with E-state index in [0.717, 1.165) is 6.42 Å². The van der Waals surface area contributed by atoms with Gasteiger partial charge in [0.05, 0.1) is 24.6 Å². The molecule has 1 aliphatic heterocycles. The summed E-state index contributed by atoms with van der Waals surface area (Å²) >= 11 is 5.64. The van der Waals surface area contributed by atoms with Gasteiger partial charge in [-0.1, -0.05) is 0 Å². The number of rotatable bonds is 2. The summed E-state index contributed by atoms with van der Waals surface area (Å²) in [6.45, 7) is 1.13. The van der Waals surface area contributed by atoms with Crippen LogP contribution in [-0.4, -0.2) is 19.1 Å². The fraction of sp³-hybridized carbons (Fsp3) is 0.214. The first kappa shape index (κ1) is 13.6. The van der Waals surface area contributed by atoms with E-state index < -0.39 is 5.91 Å². The van der Waals surface area contributed by atoms with Gasteiger partial charge in [-0.2, -0.15) is 0 Å². The lowest BCUT2D eigenvalue weighted by Crippen LogP contribution is -2.12. The number of fused-ring (bicyclic) bond motifs is 1. The normalized spacial score (nSPS) is 13.6. The quantitative estimate of drug-likeness (QED) is 0.833. The number of nitrogen functional groups attached to an aromatic ring is 1.